The van der Waals surface area contributed by atoms with Gasteiger partial charge in [-0.15, -0.1) is 0 Å². The number of benzene rings is 2. The van der Waals surface area contributed by atoms with E-state index in [4.69, 9.17) is 4.74 Å². The summed E-state index contributed by atoms with van der Waals surface area (Å²) in [4.78, 5) is 34.4. The van der Waals surface area contributed by atoms with Crippen molar-refractivity contribution in [3.05, 3.63) is 89.7 Å². The molecule has 2 aliphatic heterocycles. The van der Waals surface area contributed by atoms with Crippen molar-refractivity contribution in [1.82, 2.24) is 14.8 Å². The van der Waals surface area contributed by atoms with Gasteiger partial charge in [-0.2, -0.15) is 0 Å². The number of likely N-dealkylation sites (tertiary alicyclic amines) is 2. The second-order valence-corrected chi connectivity index (χ2v) is 9.37. The van der Waals surface area contributed by atoms with Crippen LogP contribution in [0.2, 0.25) is 0 Å². The molecule has 0 aliphatic carbocycles. The number of nitrogens with zero attached hydrogens (tertiary/aromatic N) is 3. The number of ether oxygens (including phenoxy) is 1. The van der Waals surface area contributed by atoms with Gasteiger partial charge in [0.05, 0.1) is 11.1 Å². The zero-order valence-electron chi connectivity index (χ0n) is 19.9. The monoisotopic (exact) mass is 469 g/mol. The minimum atomic E-state index is -0.361. The van der Waals surface area contributed by atoms with Crippen LogP contribution in [-0.4, -0.2) is 58.9 Å². The lowest BCUT2D eigenvalue weighted by Crippen LogP contribution is -2.45. The van der Waals surface area contributed by atoms with Crippen LogP contribution in [0.1, 0.15) is 52.0 Å². The third kappa shape index (κ3) is 5.60. The molecule has 0 saturated carbocycles. The number of esters is 1. The van der Waals surface area contributed by atoms with E-state index in [0.717, 1.165) is 42.6 Å². The Kier molecular flexibility index (Phi) is 7.19. The average molecular weight is 470 g/mol. The van der Waals surface area contributed by atoms with Crippen molar-refractivity contribution in [2.75, 3.05) is 26.2 Å². The maximum atomic E-state index is 13.2. The van der Waals surface area contributed by atoms with Crippen molar-refractivity contribution in [3.63, 3.8) is 0 Å². The summed E-state index contributed by atoms with van der Waals surface area (Å²) in [5.74, 6) is -0.319. The summed E-state index contributed by atoms with van der Waals surface area (Å²) in [5.41, 5.74) is 3.80. The molecule has 2 fully saturated rings. The highest BCUT2D eigenvalue weighted by Gasteiger charge is 2.28. The Morgan fingerprint density at radius 3 is 2.26 bits per heavy atom. The third-order valence-electron chi connectivity index (χ3n) is 7.06. The first-order chi connectivity index (χ1) is 17.2. The molecule has 3 heterocycles. The van der Waals surface area contributed by atoms with Crippen molar-refractivity contribution in [3.8, 4) is 11.1 Å². The van der Waals surface area contributed by atoms with Crippen LogP contribution in [0.15, 0.2) is 73.1 Å². The van der Waals surface area contributed by atoms with E-state index >= 15 is 0 Å². The highest BCUT2D eigenvalue weighted by Crippen LogP contribution is 2.24. The van der Waals surface area contributed by atoms with Gasteiger partial charge in [-0.1, -0.05) is 42.5 Å². The van der Waals surface area contributed by atoms with Gasteiger partial charge >= 0.3 is 5.97 Å². The van der Waals surface area contributed by atoms with Crippen LogP contribution in [0, 0.1) is 0 Å². The molecule has 6 heteroatoms. The lowest BCUT2D eigenvalue weighted by atomic mass is 10.0. The van der Waals surface area contributed by atoms with E-state index < -0.39 is 0 Å². The Morgan fingerprint density at radius 2 is 1.54 bits per heavy atom. The molecule has 0 spiro atoms. The van der Waals surface area contributed by atoms with E-state index in [1.165, 1.54) is 25.9 Å². The molecular weight excluding hydrogens is 438 g/mol. The minimum absolute atomic E-state index is 0.0420. The van der Waals surface area contributed by atoms with Crippen LogP contribution < -0.4 is 0 Å². The summed E-state index contributed by atoms with van der Waals surface area (Å²) >= 11 is 0. The maximum absolute atomic E-state index is 13.2. The summed E-state index contributed by atoms with van der Waals surface area (Å²) in [5, 5.41) is 0. The van der Waals surface area contributed by atoms with Gasteiger partial charge in [0.15, 0.2) is 0 Å². The smallest absolute Gasteiger partial charge is 0.338 e. The predicted octanol–water partition coefficient (Wildman–Crippen LogP) is 4.81. The molecule has 35 heavy (non-hydrogen) atoms. The topological polar surface area (TPSA) is 62.7 Å². The van der Waals surface area contributed by atoms with Gasteiger partial charge < -0.3 is 14.5 Å². The number of amides is 1. The van der Waals surface area contributed by atoms with Crippen LogP contribution in [0.4, 0.5) is 0 Å². The maximum Gasteiger partial charge on any atom is 0.338 e. The first-order valence-electron chi connectivity index (χ1n) is 12.5. The summed E-state index contributed by atoms with van der Waals surface area (Å²) in [6, 6.07) is 19.4. The summed E-state index contributed by atoms with van der Waals surface area (Å²) < 4.78 is 5.41. The summed E-state index contributed by atoms with van der Waals surface area (Å²) in [7, 11) is 0. The van der Waals surface area contributed by atoms with Crippen LogP contribution in [0.5, 0.6) is 0 Å². The second kappa shape index (κ2) is 10.8. The number of carbonyl (C=O) groups is 2. The standard InChI is InChI=1S/C29H31N3O3/c33-28(32-16-12-27(13-17-32)31-14-4-5-15-31)26-18-25(19-30-20-26)23-8-10-24(11-9-23)29(34)35-21-22-6-2-1-3-7-22/h1-3,6-11,18-20,27H,4-5,12-17,21H2. The molecule has 6 nitrogen and oxygen atoms in total. The molecular formula is C29H31N3O3. The molecule has 0 radical (unpaired) electrons. The third-order valence-corrected chi connectivity index (χ3v) is 7.06. The first-order valence-corrected chi connectivity index (χ1v) is 12.5. The quantitative estimate of drug-likeness (QED) is 0.485. The molecule has 3 aromatic rings. The van der Waals surface area contributed by atoms with Crippen LogP contribution in [0.25, 0.3) is 11.1 Å². The molecule has 0 unspecified atom stereocenters. The summed E-state index contributed by atoms with van der Waals surface area (Å²) in [6.45, 7) is 4.24. The van der Waals surface area contributed by atoms with Gasteiger partial charge in [0, 0.05) is 37.1 Å². The van der Waals surface area contributed by atoms with Gasteiger partial charge in [-0.3, -0.25) is 9.78 Å². The SMILES string of the molecule is O=C(OCc1ccccc1)c1ccc(-c2cncc(C(=O)N3CCC(N4CCCC4)CC3)c2)cc1. The Bertz CT molecular complexity index is 1150. The fraction of sp³-hybridized carbons (Fsp3) is 0.345. The van der Waals surface area contributed by atoms with E-state index in [1.807, 2.05) is 53.4 Å². The van der Waals surface area contributed by atoms with Crippen LogP contribution >= 0.6 is 0 Å². The zero-order valence-corrected chi connectivity index (χ0v) is 19.9. The van der Waals surface area contributed by atoms with E-state index in [9.17, 15) is 9.59 Å². The Morgan fingerprint density at radius 1 is 0.829 bits per heavy atom. The largest absolute Gasteiger partial charge is 0.457 e. The molecule has 2 saturated heterocycles. The first kappa shape index (κ1) is 23.2. The normalized spacial score (nSPS) is 16.9. The molecule has 5 rings (SSSR count). The number of rotatable bonds is 6. The number of carbonyl (C=O) groups excluding carboxylic acids is 2. The summed E-state index contributed by atoms with van der Waals surface area (Å²) in [6.07, 6.45) is 8.08. The highest BCUT2D eigenvalue weighted by atomic mass is 16.5. The number of aromatic nitrogens is 1. The van der Waals surface area contributed by atoms with Gasteiger partial charge in [-0.05, 0) is 68.1 Å². The average Bonchev–Trinajstić information content (AvgIpc) is 3.47. The number of hydrogen-bond donors (Lipinski definition) is 0. The van der Waals surface area contributed by atoms with Gasteiger partial charge in [0.1, 0.15) is 6.61 Å². The van der Waals surface area contributed by atoms with E-state index in [2.05, 4.69) is 9.88 Å². The van der Waals surface area contributed by atoms with Crippen LogP contribution in [0.3, 0.4) is 0 Å². The van der Waals surface area contributed by atoms with E-state index in [0.29, 0.717) is 17.2 Å². The van der Waals surface area contributed by atoms with Gasteiger partial charge in [-0.25, -0.2) is 4.79 Å². The van der Waals surface area contributed by atoms with E-state index in [1.54, 1.807) is 24.5 Å². The van der Waals surface area contributed by atoms with E-state index in [-0.39, 0.29) is 18.5 Å². The lowest BCUT2D eigenvalue weighted by molar-refractivity contribution is 0.0472. The molecule has 2 aromatic carbocycles. The molecule has 1 aromatic heterocycles. The van der Waals surface area contributed by atoms with Crippen molar-refractivity contribution in [2.45, 2.75) is 38.3 Å². The predicted molar refractivity (Wildman–Crippen MR) is 135 cm³/mol. The zero-order chi connectivity index (χ0) is 24.0. The van der Waals surface area contributed by atoms with Gasteiger partial charge in [0.2, 0.25) is 0 Å². The molecule has 180 valence electrons. The number of hydrogen-bond acceptors (Lipinski definition) is 5. The van der Waals surface area contributed by atoms with Gasteiger partial charge in [0.25, 0.3) is 5.91 Å². The van der Waals surface area contributed by atoms with Crippen molar-refractivity contribution >= 4 is 11.9 Å². The van der Waals surface area contributed by atoms with Crippen LogP contribution in [-0.2, 0) is 11.3 Å². The minimum Gasteiger partial charge on any atom is -0.457 e. The van der Waals surface area contributed by atoms with Crippen molar-refractivity contribution < 1.29 is 14.3 Å². The fourth-order valence-electron chi connectivity index (χ4n) is 5.04. The van der Waals surface area contributed by atoms with Crippen molar-refractivity contribution in [1.29, 1.82) is 0 Å². The highest BCUT2D eigenvalue weighted by molar-refractivity contribution is 5.95. The molecule has 1 amide bonds. The lowest BCUT2D eigenvalue weighted by Gasteiger charge is -2.36. The van der Waals surface area contributed by atoms with Crippen molar-refractivity contribution in [2.24, 2.45) is 0 Å². The molecule has 0 bridgehead atoms. The fourth-order valence-corrected chi connectivity index (χ4v) is 5.04. The number of pyridine rings is 1. The Hall–Kier alpha value is -3.51. The Balaban J connectivity index is 1.20. The molecule has 2 aliphatic rings. The molecule has 0 atom stereocenters. The number of piperidine rings is 1. The molecule has 0 N–H and O–H groups in total. The Labute approximate surface area is 206 Å². The second-order valence-electron chi connectivity index (χ2n) is 9.37.